The highest BCUT2D eigenvalue weighted by atomic mass is 16.5. The van der Waals surface area contributed by atoms with Gasteiger partial charge in [0, 0.05) is 0 Å². The van der Waals surface area contributed by atoms with Crippen molar-refractivity contribution in [3.05, 3.63) is 95.1 Å². The molecule has 0 heterocycles. The first-order valence-electron chi connectivity index (χ1n) is 18.7. The SMILES string of the molecule is CC(C)OCC#CC#CCOC(C)C.CC(C)OCc1ccc(-c2ccc(COC(C)C)cc2)cc1.CC(C)OCc1ccc(COC(C)C)cc1. The standard InChI is InChI=1S/C20H26O2.C14H22O2.C12H18O2/c1-15(2)21-13-17-5-9-19(10-6-17)20-11-7-18(8-12-20)14-22-16(3)4;1-11(2)15-9-13-5-7-14(8-6-13)10-16-12(3)4;1-11(2)13-9-7-5-6-8-10-14-12(3)4/h5-12,15-16H,13-14H2,1-4H3;5-8,11-12H,9-10H2,1-4H3;11-12H,9-10H2,1-4H3. The van der Waals surface area contributed by atoms with Crippen LogP contribution in [0, 0.1) is 23.7 Å². The minimum atomic E-state index is 0.224. The molecule has 0 amide bonds. The molecular formula is C46H66O6. The van der Waals surface area contributed by atoms with Gasteiger partial charge < -0.3 is 28.4 Å². The summed E-state index contributed by atoms with van der Waals surface area (Å²) in [5.74, 6) is 11.0. The summed E-state index contributed by atoms with van der Waals surface area (Å²) in [5.41, 5.74) is 7.29. The Morgan fingerprint density at radius 3 is 0.750 bits per heavy atom. The first kappa shape index (κ1) is 46.6. The summed E-state index contributed by atoms with van der Waals surface area (Å²) in [6.07, 6.45) is 1.54. The van der Waals surface area contributed by atoms with Gasteiger partial charge in [0.1, 0.15) is 13.2 Å². The molecule has 3 rings (SSSR count). The van der Waals surface area contributed by atoms with E-state index in [1.165, 1.54) is 33.4 Å². The van der Waals surface area contributed by atoms with E-state index in [1.807, 2.05) is 55.4 Å². The molecule has 0 radical (unpaired) electrons. The Kier molecular flexibility index (Phi) is 25.2. The maximum Gasteiger partial charge on any atom is 0.109 e. The van der Waals surface area contributed by atoms with Crippen LogP contribution in [0.25, 0.3) is 11.1 Å². The minimum Gasteiger partial charge on any atom is -0.374 e. The Hall–Kier alpha value is -3.46. The van der Waals surface area contributed by atoms with Crippen LogP contribution in [0.1, 0.15) is 105 Å². The van der Waals surface area contributed by atoms with Gasteiger partial charge in [-0.2, -0.15) is 0 Å². The van der Waals surface area contributed by atoms with Gasteiger partial charge in [-0.15, -0.1) is 0 Å². The van der Waals surface area contributed by atoms with Gasteiger partial charge in [0.25, 0.3) is 0 Å². The topological polar surface area (TPSA) is 55.4 Å². The summed E-state index contributed by atoms with van der Waals surface area (Å²) in [4.78, 5) is 0. The van der Waals surface area contributed by atoms with Gasteiger partial charge in [-0.25, -0.2) is 0 Å². The molecule has 0 unspecified atom stereocenters. The quantitative estimate of drug-likeness (QED) is 0.130. The van der Waals surface area contributed by atoms with Gasteiger partial charge >= 0.3 is 0 Å². The fraction of sp³-hybridized carbons (Fsp3) is 0.522. The van der Waals surface area contributed by atoms with Crippen molar-refractivity contribution >= 4 is 0 Å². The monoisotopic (exact) mass is 714 g/mol. The molecule has 0 aromatic heterocycles. The molecule has 0 aliphatic carbocycles. The van der Waals surface area contributed by atoms with Crippen LogP contribution in [0.3, 0.4) is 0 Å². The first-order chi connectivity index (χ1) is 24.7. The Balaban J connectivity index is 0.000000404. The second-order valence-electron chi connectivity index (χ2n) is 14.0. The van der Waals surface area contributed by atoms with E-state index in [4.69, 9.17) is 28.4 Å². The van der Waals surface area contributed by atoms with Crippen molar-refractivity contribution < 1.29 is 28.4 Å². The Morgan fingerprint density at radius 1 is 0.327 bits per heavy atom. The number of hydrogen-bond acceptors (Lipinski definition) is 6. The lowest BCUT2D eigenvalue weighted by molar-refractivity contribution is 0.0639. The van der Waals surface area contributed by atoms with E-state index in [-0.39, 0.29) is 36.6 Å². The molecule has 3 aromatic rings. The fourth-order valence-corrected chi connectivity index (χ4v) is 3.95. The highest BCUT2D eigenvalue weighted by Crippen LogP contribution is 2.21. The van der Waals surface area contributed by atoms with Crippen LogP contribution in [0.2, 0.25) is 0 Å². The van der Waals surface area contributed by atoms with Crippen LogP contribution in [-0.4, -0.2) is 49.8 Å². The smallest absolute Gasteiger partial charge is 0.109 e. The highest BCUT2D eigenvalue weighted by Gasteiger charge is 2.02. The van der Waals surface area contributed by atoms with Gasteiger partial charge in [0.15, 0.2) is 0 Å². The summed E-state index contributed by atoms with van der Waals surface area (Å²) in [6, 6.07) is 25.5. The van der Waals surface area contributed by atoms with Crippen LogP contribution >= 0.6 is 0 Å². The minimum absolute atomic E-state index is 0.224. The molecule has 0 fully saturated rings. The van der Waals surface area contributed by atoms with Crippen LogP contribution < -0.4 is 0 Å². The van der Waals surface area contributed by atoms with Crippen LogP contribution in [0.5, 0.6) is 0 Å². The van der Waals surface area contributed by atoms with E-state index in [1.54, 1.807) is 0 Å². The van der Waals surface area contributed by atoms with Crippen LogP contribution in [0.4, 0.5) is 0 Å². The van der Waals surface area contributed by atoms with Gasteiger partial charge in [-0.1, -0.05) is 84.6 Å². The average molecular weight is 715 g/mol. The third-order valence-corrected chi connectivity index (χ3v) is 6.81. The molecule has 0 atom stereocenters. The number of benzene rings is 3. The molecule has 6 heteroatoms. The molecule has 0 spiro atoms. The molecule has 0 aliphatic heterocycles. The van der Waals surface area contributed by atoms with E-state index in [9.17, 15) is 0 Å². The van der Waals surface area contributed by atoms with Crippen LogP contribution in [-0.2, 0) is 54.8 Å². The van der Waals surface area contributed by atoms with E-state index < -0.39 is 0 Å². The molecule has 0 saturated heterocycles. The molecular weight excluding hydrogens is 649 g/mol. The van der Waals surface area contributed by atoms with Crippen molar-refractivity contribution in [3.8, 4) is 34.8 Å². The number of ether oxygens (including phenoxy) is 6. The van der Waals surface area contributed by atoms with Crippen molar-refractivity contribution in [1.82, 2.24) is 0 Å². The first-order valence-corrected chi connectivity index (χ1v) is 18.7. The van der Waals surface area contributed by atoms with E-state index in [0.29, 0.717) is 39.6 Å². The second-order valence-corrected chi connectivity index (χ2v) is 14.0. The summed E-state index contributed by atoms with van der Waals surface area (Å²) in [6.45, 7) is 27.9. The largest absolute Gasteiger partial charge is 0.374 e. The maximum atomic E-state index is 5.62. The van der Waals surface area contributed by atoms with Gasteiger partial charge in [0.2, 0.25) is 0 Å². The molecule has 0 aliphatic rings. The Morgan fingerprint density at radius 2 is 0.538 bits per heavy atom. The van der Waals surface area contributed by atoms with E-state index in [0.717, 1.165) is 0 Å². The van der Waals surface area contributed by atoms with Crippen molar-refractivity contribution in [2.45, 2.75) is 146 Å². The third-order valence-electron chi connectivity index (χ3n) is 6.81. The van der Waals surface area contributed by atoms with E-state index >= 15 is 0 Å². The lowest BCUT2D eigenvalue weighted by Crippen LogP contribution is -2.03. The molecule has 286 valence electrons. The summed E-state index contributed by atoms with van der Waals surface area (Å²) >= 11 is 0. The van der Waals surface area contributed by atoms with Crippen molar-refractivity contribution in [3.63, 3.8) is 0 Å². The van der Waals surface area contributed by atoms with Crippen molar-refractivity contribution in [2.75, 3.05) is 13.2 Å². The molecule has 6 nitrogen and oxygen atoms in total. The maximum absolute atomic E-state index is 5.62. The summed E-state index contributed by atoms with van der Waals surface area (Å²) in [5, 5.41) is 0. The average Bonchev–Trinajstić information content (AvgIpc) is 3.10. The molecule has 0 saturated carbocycles. The molecule has 52 heavy (non-hydrogen) atoms. The van der Waals surface area contributed by atoms with Gasteiger partial charge in [0.05, 0.1) is 63.1 Å². The van der Waals surface area contributed by atoms with Crippen molar-refractivity contribution in [2.24, 2.45) is 0 Å². The fourth-order valence-electron chi connectivity index (χ4n) is 3.95. The predicted molar refractivity (Wildman–Crippen MR) is 216 cm³/mol. The number of hydrogen-bond donors (Lipinski definition) is 0. The lowest BCUT2D eigenvalue weighted by atomic mass is 10.0. The Labute approximate surface area is 316 Å². The third kappa shape index (κ3) is 25.5. The molecule has 0 bridgehead atoms. The summed E-state index contributed by atoms with van der Waals surface area (Å²) < 4.78 is 32.7. The normalized spacial score (nSPS) is 10.8. The van der Waals surface area contributed by atoms with Gasteiger partial charge in [-0.3, -0.25) is 0 Å². The number of rotatable bonds is 17. The highest BCUT2D eigenvalue weighted by molar-refractivity contribution is 5.63. The zero-order chi connectivity index (χ0) is 38.7. The zero-order valence-corrected chi connectivity index (χ0v) is 34.1. The van der Waals surface area contributed by atoms with Crippen molar-refractivity contribution in [1.29, 1.82) is 0 Å². The lowest BCUT2D eigenvalue weighted by Gasteiger charge is -2.10. The zero-order valence-electron chi connectivity index (χ0n) is 34.1. The second kappa shape index (κ2) is 28.1. The van der Waals surface area contributed by atoms with Crippen LogP contribution in [0.15, 0.2) is 72.8 Å². The van der Waals surface area contributed by atoms with Gasteiger partial charge in [-0.05, 0) is 128 Å². The van der Waals surface area contributed by atoms with E-state index in [2.05, 4.69) is 124 Å². The molecule has 3 aromatic carbocycles. The molecule has 0 N–H and O–H groups in total. The predicted octanol–water partition coefficient (Wildman–Crippen LogP) is 10.6. The Bertz CT molecular complexity index is 1320. The summed E-state index contributed by atoms with van der Waals surface area (Å²) in [7, 11) is 0.